The molecular formula is C38H43ClN4O7. The summed E-state index contributed by atoms with van der Waals surface area (Å²) in [6.07, 6.45) is 9.70. The second-order valence-electron chi connectivity index (χ2n) is 13.1. The number of aliphatic hydroxyl groups excluding tert-OH is 2. The molecule has 2 aromatic carbocycles. The number of ether oxygens (including phenoxy) is 3. The predicted octanol–water partition coefficient (Wildman–Crippen LogP) is 4.60. The van der Waals surface area contributed by atoms with Crippen LogP contribution in [-0.4, -0.2) is 88.4 Å². The van der Waals surface area contributed by atoms with Gasteiger partial charge >= 0.3 is 5.97 Å². The molecule has 0 radical (unpaired) electrons. The number of carboxylic acid groups (broad SMARTS) is 1. The third-order valence-electron chi connectivity index (χ3n) is 9.26. The Morgan fingerprint density at radius 2 is 1.94 bits per heavy atom. The second-order valence-corrected chi connectivity index (χ2v) is 13.5. The number of allylic oxidation sites excluding steroid dienone is 2. The lowest BCUT2D eigenvalue weighted by Crippen LogP contribution is -2.53. The minimum absolute atomic E-state index is 0.0332. The van der Waals surface area contributed by atoms with Gasteiger partial charge in [-0.05, 0) is 35.8 Å². The van der Waals surface area contributed by atoms with Crippen molar-refractivity contribution in [1.29, 1.82) is 5.26 Å². The average Bonchev–Trinajstić information content (AvgIpc) is 3.09. The minimum Gasteiger partial charge on any atom is -0.488 e. The van der Waals surface area contributed by atoms with E-state index in [1.165, 1.54) is 6.20 Å². The normalized spacial score (nSPS) is 19.2. The van der Waals surface area contributed by atoms with Gasteiger partial charge in [0.1, 0.15) is 42.4 Å². The molecule has 2 aliphatic rings. The quantitative estimate of drug-likeness (QED) is 0.146. The number of aromatic nitrogens is 1. The summed E-state index contributed by atoms with van der Waals surface area (Å²) < 4.78 is 19.5. The zero-order valence-electron chi connectivity index (χ0n) is 28.2. The summed E-state index contributed by atoms with van der Waals surface area (Å²) in [4.78, 5) is 17.8. The number of hydrogen-bond donors (Lipinski definition) is 4. The molecule has 0 saturated carbocycles. The molecule has 0 spiro atoms. The van der Waals surface area contributed by atoms with Gasteiger partial charge in [0.2, 0.25) is 0 Å². The molecule has 0 amide bonds. The van der Waals surface area contributed by atoms with Crippen LogP contribution >= 0.6 is 11.6 Å². The van der Waals surface area contributed by atoms with Crippen molar-refractivity contribution < 1.29 is 34.3 Å². The summed E-state index contributed by atoms with van der Waals surface area (Å²) in [5.41, 5.74) is 2.32. The number of benzene rings is 2. The van der Waals surface area contributed by atoms with Crippen molar-refractivity contribution in [3.05, 3.63) is 106 Å². The number of hydrogen-bond acceptors (Lipinski definition) is 10. The standard InChI is InChI=1S/C38H43ClN4O7/c1-37(2)31(28-8-4-3-5-9-28)10-6-11-38(37,50-13-7-12-43-21-30(45)22-43)25-49-35-16-34(48-24-27-14-26(17-40)18-41-19-27)29(15-32(35)39)20-42-33(23-44)36(46)47/h3-6,8-11,14-16,18-19,30,33,42,44-45H,7,12-13,20-25H2,1-2H3,(H,46,47). The zero-order valence-corrected chi connectivity index (χ0v) is 29.0. The molecule has 12 heteroatoms. The van der Waals surface area contributed by atoms with Crippen molar-refractivity contribution in [1.82, 2.24) is 15.2 Å². The Bertz CT molecular complexity index is 1740. The number of rotatable bonds is 17. The molecule has 2 unspecified atom stereocenters. The second kappa shape index (κ2) is 16.6. The van der Waals surface area contributed by atoms with Gasteiger partial charge in [-0.3, -0.25) is 20.0 Å². The van der Waals surface area contributed by atoms with Gasteiger partial charge in [0, 0.05) is 67.8 Å². The van der Waals surface area contributed by atoms with Gasteiger partial charge in [-0.25, -0.2) is 0 Å². The maximum Gasteiger partial charge on any atom is 0.323 e. The van der Waals surface area contributed by atoms with E-state index in [9.17, 15) is 25.4 Å². The van der Waals surface area contributed by atoms with E-state index in [1.807, 2.05) is 30.4 Å². The monoisotopic (exact) mass is 702 g/mol. The van der Waals surface area contributed by atoms with Gasteiger partial charge < -0.3 is 29.5 Å². The van der Waals surface area contributed by atoms with Crippen molar-refractivity contribution in [2.45, 2.75) is 51.2 Å². The number of nitrogens with zero attached hydrogens (tertiary/aromatic N) is 3. The van der Waals surface area contributed by atoms with Crippen molar-refractivity contribution in [3.63, 3.8) is 0 Å². The molecule has 2 heterocycles. The molecule has 11 nitrogen and oxygen atoms in total. The number of β-amino-alcohol motifs (C(OH)–C–C–N with tert-alkyl or cyclic N) is 1. The number of pyridine rings is 1. The number of aliphatic carboxylic acids is 1. The van der Waals surface area contributed by atoms with Crippen molar-refractivity contribution in [2.75, 3.05) is 39.5 Å². The van der Waals surface area contributed by atoms with Crippen molar-refractivity contribution in [2.24, 2.45) is 5.41 Å². The number of carboxylic acids is 1. The lowest BCUT2D eigenvalue weighted by Gasteiger charge is -2.47. The van der Waals surface area contributed by atoms with Gasteiger partial charge in [0.25, 0.3) is 0 Å². The highest BCUT2D eigenvalue weighted by atomic mass is 35.5. The maximum atomic E-state index is 11.6. The van der Waals surface area contributed by atoms with Gasteiger partial charge in [-0.2, -0.15) is 5.26 Å². The van der Waals surface area contributed by atoms with E-state index in [4.69, 9.17) is 25.8 Å². The van der Waals surface area contributed by atoms with Crippen LogP contribution in [0, 0.1) is 16.7 Å². The largest absolute Gasteiger partial charge is 0.488 e. The smallest absolute Gasteiger partial charge is 0.323 e. The van der Waals surface area contributed by atoms with Gasteiger partial charge in [-0.1, -0.05) is 67.9 Å². The molecule has 1 aromatic heterocycles. The number of likely N-dealkylation sites (tertiary alicyclic amines) is 1. The highest BCUT2D eigenvalue weighted by molar-refractivity contribution is 6.32. The highest BCUT2D eigenvalue weighted by Gasteiger charge is 2.49. The molecule has 1 saturated heterocycles. The first-order valence-corrected chi connectivity index (χ1v) is 16.9. The summed E-state index contributed by atoms with van der Waals surface area (Å²) in [5, 5.41) is 41.1. The molecule has 2 atom stereocenters. The Morgan fingerprint density at radius 1 is 1.16 bits per heavy atom. The Kier molecular flexibility index (Phi) is 12.3. The Hall–Kier alpha value is -4.28. The van der Waals surface area contributed by atoms with Crippen LogP contribution < -0.4 is 14.8 Å². The summed E-state index contributed by atoms with van der Waals surface area (Å²) in [6, 6.07) is 16.0. The van der Waals surface area contributed by atoms with E-state index in [0.717, 1.165) is 24.1 Å². The molecule has 1 fully saturated rings. The zero-order chi connectivity index (χ0) is 35.7. The Morgan fingerprint density at radius 3 is 2.64 bits per heavy atom. The maximum absolute atomic E-state index is 11.6. The van der Waals surface area contributed by atoms with E-state index in [1.54, 1.807) is 24.4 Å². The minimum atomic E-state index is -1.19. The number of nitrogens with one attached hydrogen (secondary N) is 1. The molecule has 4 N–H and O–H groups in total. The van der Waals surface area contributed by atoms with E-state index >= 15 is 0 Å². The first kappa shape index (κ1) is 37.0. The molecule has 3 aromatic rings. The summed E-state index contributed by atoms with van der Waals surface area (Å²) >= 11 is 6.81. The average molecular weight is 703 g/mol. The van der Waals surface area contributed by atoms with Crippen molar-refractivity contribution >= 4 is 23.1 Å². The topological polar surface area (TPSA) is 157 Å². The Balaban J connectivity index is 1.41. The van der Waals surface area contributed by atoms with E-state index < -0.39 is 29.6 Å². The first-order chi connectivity index (χ1) is 24.0. The molecular weight excluding hydrogens is 660 g/mol. The molecule has 50 heavy (non-hydrogen) atoms. The first-order valence-electron chi connectivity index (χ1n) is 16.5. The summed E-state index contributed by atoms with van der Waals surface area (Å²) in [7, 11) is 0. The van der Waals surface area contributed by atoms with Crippen LogP contribution in [0.5, 0.6) is 11.5 Å². The molecule has 264 valence electrons. The van der Waals surface area contributed by atoms with Crippen molar-refractivity contribution in [3.8, 4) is 17.6 Å². The number of aliphatic hydroxyl groups is 2. The summed E-state index contributed by atoms with van der Waals surface area (Å²) in [6.45, 7) is 6.51. The van der Waals surface area contributed by atoms with E-state index in [2.05, 4.69) is 53.3 Å². The fourth-order valence-corrected chi connectivity index (χ4v) is 6.42. The number of halogens is 1. The van der Waals surface area contributed by atoms with Crippen LogP contribution in [0.4, 0.5) is 0 Å². The fraction of sp³-hybridized carbons (Fsp3) is 0.395. The molecule has 0 bridgehead atoms. The third-order valence-corrected chi connectivity index (χ3v) is 9.55. The highest BCUT2D eigenvalue weighted by Crippen LogP contribution is 2.49. The van der Waals surface area contributed by atoms with Gasteiger partial charge in [0.15, 0.2) is 0 Å². The molecule has 1 aliphatic carbocycles. The fourth-order valence-electron chi connectivity index (χ4n) is 6.18. The van der Waals surface area contributed by atoms with Gasteiger partial charge in [0.05, 0.1) is 23.3 Å². The van der Waals surface area contributed by atoms with E-state index in [-0.39, 0.29) is 30.9 Å². The van der Waals surface area contributed by atoms with Crippen LogP contribution in [0.1, 0.15) is 42.5 Å². The van der Waals surface area contributed by atoms with Crippen LogP contribution in [0.15, 0.2) is 79.2 Å². The lowest BCUT2D eigenvalue weighted by molar-refractivity contribution is -0.140. The third kappa shape index (κ3) is 8.71. The van der Waals surface area contributed by atoms with Crippen LogP contribution in [0.25, 0.3) is 5.57 Å². The van der Waals surface area contributed by atoms with Crippen LogP contribution in [0.2, 0.25) is 5.02 Å². The Labute approximate surface area is 297 Å². The summed E-state index contributed by atoms with van der Waals surface area (Å²) in [5.74, 6) is -0.486. The van der Waals surface area contributed by atoms with Crippen LogP contribution in [-0.2, 0) is 22.7 Å². The number of carbonyl (C=O) groups is 1. The molecule has 1 aliphatic heterocycles. The number of nitriles is 1. The predicted molar refractivity (Wildman–Crippen MR) is 189 cm³/mol. The SMILES string of the molecule is CC1(C)C(c2ccccc2)=CC=CC1(COc1cc(OCc2cncc(C#N)c2)c(CNC(CO)C(=O)O)cc1Cl)OCCCN1CC(O)C1. The molecule has 5 rings (SSSR count). The lowest BCUT2D eigenvalue weighted by atomic mass is 9.65. The van der Waals surface area contributed by atoms with Crippen LogP contribution in [0.3, 0.4) is 0 Å². The van der Waals surface area contributed by atoms with E-state index in [0.29, 0.717) is 47.9 Å². The van der Waals surface area contributed by atoms with Gasteiger partial charge in [-0.15, -0.1) is 0 Å².